The fraction of sp³-hybridized carbons (Fsp3) is 0.257. The number of nitrogens with one attached hydrogen (secondary N) is 2. The number of hydrogen-bond acceptors (Lipinski definition) is 7. The fourth-order valence-corrected chi connectivity index (χ4v) is 5.91. The Bertz CT molecular complexity index is 1820. The molecule has 4 aromatic carbocycles. The first-order chi connectivity index (χ1) is 23.3. The average molecular weight is 692 g/mol. The molecule has 10 nitrogen and oxygen atoms in total. The molecule has 0 unspecified atom stereocenters. The molecule has 0 radical (unpaired) electrons. The molecule has 0 saturated carbocycles. The van der Waals surface area contributed by atoms with Crippen LogP contribution in [0.25, 0.3) is 10.4 Å². The number of carbonyl (C=O) groups is 1. The van der Waals surface area contributed by atoms with Crippen LogP contribution < -0.4 is 15.6 Å². The number of aliphatic hydroxyl groups is 1. The highest BCUT2D eigenvalue weighted by Crippen LogP contribution is 2.45. The molecule has 2 atom stereocenters. The van der Waals surface area contributed by atoms with Crippen molar-refractivity contribution in [3.63, 3.8) is 0 Å². The zero-order valence-corrected chi connectivity index (χ0v) is 27.3. The summed E-state index contributed by atoms with van der Waals surface area (Å²) in [6.45, 7) is 0.750. The number of rotatable bonds is 15. The number of halogens is 3. The average Bonchev–Trinajstić information content (AvgIpc) is 3.46. The quantitative estimate of drug-likeness (QED) is 0.0402. The molecule has 0 spiro atoms. The Morgan fingerprint density at radius 3 is 2.58 bits per heavy atom. The Kier molecular flexibility index (Phi) is 11.9. The molecule has 1 heterocycles. The van der Waals surface area contributed by atoms with Crippen molar-refractivity contribution >= 4 is 35.0 Å². The minimum Gasteiger partial charge on any atom is -0.494 e. The number of hydrazine groups is 1. The predicted molar refractivity (Wildman–Crippen MR) is 182 cm³/mol. The predicted octanol–water partition coefficient (Wildman–Crippen LogP) is 7.07. The van der Waals surface area contributed by atoms with E-state index >= 15 is 0 Å². The zero-order valence-electron chi connectivity index (χ0n) is 25.8. The van der Waals surface area contributed by atoms with Crippen LogP contribution in [-0.2, 0) is 28.9 Å². The van der Waals surface area contributed by atoms with E-state index in [1.165, 1.54) is 12.1 Å². The molecule has 1 amide bonds. The lowest BCUT2D eigenvalue weighted by atomic mass is 9.81. The van der Waals surface area contributed by atoms with Crippen LogP contribution in [0.1, 0.15) is 40.3 Å². The second-order valence-corrected chi connectivity index (χ2v) is 11.9. The third kappa shape index (κ3) is 8.44. The monoisotopic (exact) mass is 690 g/mol. The number of aliphatic hydroxyl groups excluding tert-OH is 1. The van der Waals surface area contributed by atoms with Gasteiger partial charge in [0, 0.05) is 52.1 Å². The van der Waals surface area contributed by atoms with Gasteiger partial charge in [-0.15, -0.1) is 0 Å². The normalized spacial score (nSPS) is 16.8. The van der Waals surface area contributed by atoms with Gasteiger partial charge in [-0.05, 0) is 77.2 Å². The maximum atomic E-state index is 14.5. The first-order valence-corrected chi connectivity index (χ1v) is 16.0. The van der Waals surface area contributed by atoms with Crippen molar-refractivity contribution in [2.24, 2.45) is 10.1 Å². The lowest BCUT2D eigenvalue weighted by molar-refractivity contribution is -0.130. The summed E-state index contributed by atoms with van der Waals surface area (Å²) in [6, 6.07) is 25.6. The molecule has 0 saturated heterocycles. The first-order valence-electron chi connectivity index (χ1n) is 15.2. The molecule has 1 aliphatic heterocycles. The SMILES string of the molecule is [N-]=[N+]=NCc1ccccc1C[C@]1(C(=O)NNCCc2cccc(F)c2)N=C(c2ccc(OCCCO)cc2)O[C@H]1c1ccc(Cl)cc1Cl. The van der Waals surface area contributed by atoms with Gasteiger partial charge in [0.05, 0.1) is 13.2 Å². The Morgan fingerprint density at radius 2 is 1.85 bits per heavy atom. The molecular weight excluding hydrogens is 658 g/mol. The Morgan fingerprint density at radius 1 is 1.06 bits per heavy atom. The van der Waals surface area contributed by atoms with E-state index in [2.05, 4.69) is 20.9 Å². The minimum atomic E-state index is -1.61. The van der Waals surface area contributed by atoms with Crippen LogP contribution in [0.2, 0.25) is 10.0 Å². The Hall–Kier alpha value is -4.64. The summed E-state index contributed by atoms with van der Waals surface area (Å²) in [7, 11) is 0. The maximum Gasteiger partial charge on any atom is 0.266 e. The van der Waals surface area contributed by atoms with E-state index in [1.807, 2.05) is 24.3 Å². The summed E-state index contributed by atoms with van der Waals surface area (Å²) in [5, 5.41) is 13.5. The number of aliphatic imine (C=N–C) groups is 1. The van der Waals surface area contributed by atoms with Crippen LogP contribution >= 0.6 is 23.2 Å². The van der Waals surface area contributed by atoms with Crippen LogP contribution in [0.5, 0.6) is 5.75 Å². The van der Waals surface area contributed by atoms with Crippen molar-refractivity contribution in [3.05, 3.63) is 145 Å². The van der Waals surface area contributed by atoms with Gasteiger partial charge in [0.15, 0.2) is 11.6 Å². The van der Waals surface area contributed by atoms with Crippen molar-refractivity contribution in [3.8, 4) is 5.75 Å². The number of amides is 1. The number of azide groups is 1. The van der Waals surface area contributed by atoms with Crippen LogP contribution in [-0.4, -0.2) is 42.2 Å². The molecule has 13 heteroatoms. The lowest BCUT2D eigenvalue weighted by Gasteiger charge is -2.32. The number of ether oxygens (including phenoxy) is 2. The molecule has 0 fully saturated rings. The van der Waals surface area contributed by atoms with E-state index in [0.29, 0.717) is 47.9 Å². The molecule has 1 aliphatic rings. The van der Waals surface area contributed by atoms with Gasteiger partial charge >= 0.3 is 0 Å². The molecule has 0 aromatic heterocycles. The summed E-state index contributed by atoms with van der Waals surface area (Å²) in [5.41, 5.74) is 16.5. The molecule has 0 aliphatic carbocycles. The Balaban J connectivity index is 1.54. The molecule has 3 N–H and O–H groups in total. The van der Waals surface area contributed by atoms with E-state index in [4.69, 9.17) is 48.3 Å². The summed E-state index contributed by atoms with van der Waals surface area (Å²) >= 11 is 13.0. The Labute approximate surface area is 287 Å². The highest BCUT2D eigenvalue weighted by atomic mass is 35.5. The number of carbonyl (C=O) groups excluding carboxylic acids is 1. The fourth-order valence-electron chi connectivity index (χ4n) is 5.41. The van der Waals surface area contributed by atoms with Gasteiger partial charge in [0.1, 0.15) is 11.6 Å². The van der Waals surface area contributed by atoms with E-state index in [9.17, 15) is 9.18 Å². The molecule has 248 valence electrons. The summed E-state index contributed by atoms with van der Waals surface area (Å²) in [6.07, 6.45) is -0.00695. The van der Waals surface area contributed by atoms with Crippen molar-refractivity contribution in [1.82, 2.24) is 10.9 Å². The van der Waals surface area contributed by atoms with Crippen LogP contribution in [0.3, 0.4) is 0 Å². The summed E-state index contributed by atoms with van der Waals surface area (Å²) in [5.74, 6) is -0.0421. The van der Waals surface area contributed by atoms with Gasteiger partial charge < -0.3 is 14.6 Å². The first kappa shape index (κ1) is 34.7. The minimum absolute atomic E-state index is 0.0210. The van der Waals surface area contributed by atoms with E-state index in [1.54, 1.807) is 54.6 Å². The molecule has 5 rings (SSSR count). The van der Waals surface area contributed by atoms with Gasteiger partial charge in [0.2, 0.25) is 5.90 Å². The third-order valence-corrected chi connectivity index (χ3v) is 8.35. The van der Waals surface area contributed by atoms with Crippen molar-refractivity contribution in [1.29, 1.82) is 0 Å². The van der Waals surface area contributed by atoms with Crippen LogP contribution in [0.4, 0.5) is 4.39 Å². The third-order valence-electron chi connectivity index (χ3n) is 7.79. The van der Waals surface area contributed by atoms with Gasteiger partial charge in [-0.2, -0.15) is 0 Å². The van der Waals surface area contributed by atoms with Crippen molar-refractivity contribution in [2.75, 3.05) is 19.8 Å². The van der Waals surface area contributed by atoms with Crippen molar-refractivity contribution in [2.45, 2.75) is 37.5 Å². The van der Waals surface area contributed by atoms with Gasteiger partial charge in [0.25, 0.3) is 5.91 Å². The number of benzene rings is 4. The number of hydrogen-bond donors (Lipinski definition) is 3. The topological polar surface area (TPSA) is 141 Å². The lowest BCUT2D eigenvalue weighted by Crippen LogP contribution is -2.54. The number of nitrogens with zero attached hydrogens (tertiary/aromatic N) is 4. The second-order valence-electron chi connectivity index (χ2n) is 11.1. The van der Waals surface area contributed by atoms with E-state index in [0.717, 1.165) is 16.7 Å². The van der Waals surface area contributed by atoms with Crippen LogP contribution in [0, 0.1) is 5.82 Å². The largest absolute Gasteiger partial charge is 0.494 e. The zero-order chi connectivity index (χ0) is 33.9. The summed E-state index contributed by atoms with van der Waals surface area (Å²) < 4.78 is 26.0. The second kappa shape index (κ2) is 16.5. The molecular formula is C35H33Cl2FN6O4. The highest BCUT2D eigenvalue weighted by Gasteiger charge is 2.54. The molecule has 4 aromatic rings. The van der Waals surface area contributed by atoms with Gasteiger partial charge in [-0.1, -0.05) is 70.8 Å². The van der Waals surface area contributed by atoms with Crippen LogP contribution in [0.15, 0.2) is 101 Å². The molecule has 0 bridgehead atoms. The molecule has 48 heavy (non-hydrogen) atoms. The highest BCUT2D eigenvalue weighted by molar-refractivity contribution is 6.35. The van der Waals surface area contributed by atoms with E-state index in [-0.39, 0.29) is 36.3 Å². The van der Waals surface area contributed by atoms with Gasteiger partial charge in [-0.3, -0.25) is 10.2 Å². The van der Waals surface area contributed by atoms with Gasteiger partial charge in [-0.25, -0.2) is 14.8 Å². The maximum absolute atomic E-state index is 14.5. The smallest absolute Gasteiger partial charge is 0.266 e. The van der Waals surface area contributed by atoms with Crippen molar-refractivity contribution < 1.29 is 23.8 Å². The summed E-state index contributed by atoms with van der Waals surface area (Å²) in [4.78, 5) is 22.4. The standard InChI is InChI=1S/C35H33Cl2FN6O4/c36-27-11-14-30(31(37)20-27)32-35(21-25-6-1-2-7-26(25)22-41-44-39,34(46)43-40-16-15-23-5-3-8-28(38)19-23)42-33(48-32)24-9-12-29(13-10-24)47-18-4-17-45/h1-3,5-14,19-20,32,40,45H,4,15-18,21-22H2,(H,43,46)/t32-,35-/m0/s1. The van der Waals surface area contributed by atoms with E-state index < -0.39 is 17.6 Å².